The van der Waals surface area contributed by atoms with Gasteiger partial charge in [-0.15, -0.1) is 0 Å². The number of allylic oxidation sites excluding steroid dienone is 1. The highest BCUT2D eigenvalue weighted by Crippen LogP contribution is 2.47. The van der Waals surface area contributed by atoms with Crippen LogP contribution in [-0.4, -0.2) is 72.6 Å². The number of rotatable bonds is 6. The molecule has 51 heavy (non-hydrogen) atoms. The van der Waals surface area contributed by atoms with Gasteiger partial charge in [-0.25, -0.2) is 13.2 Å². The molecule has 0 unspecified atom stereocenters. The van der Waals surface area contributed by atoms with Gasteiger partial charge in [0.2, 0.25) is 21.8 Å². The first-order valence-electron chi connectivity index (χ1n) is 17.0. The maximum absolute atomic E-state index is 14.0. The van der Waals surface area contributed by atoms with Gasteiger partial charge in [-0.1, -0.05) is 24.3 Å². The van der Waals surface area contributed by atoms with Crippen LogP contribution in [0.15, 0.2) is 48.6 Å². The number of aromatic nitrogens is 1. The van der Waals surface area contributed by atoms with Crippen LogP contribution in [0, 0.1) is 24.7 Å². The SMILES string of the molecule is Cc1cccc(-c2ccc(C(F)(F)F)cc2NC(=O)O[C@@H]2C[C@H]3C(=O)N[C@]4(C(=O)NS(=O)(=O)C5CC5)C[C@H]4/C=C\CCCCN(C)C(=O)[C@@H]3C2)n1. The van der Waals surface area contributed by atoms with Crippen LogP contribution in [0.4, 0.5) is 23.7 Å². The molecule has 3 saturated carbocycles. The zero-order chi connectivity index (χ0) is 36.7. The maximum atomic E-state index is 14.0. The smallest absolute Gasteiger partial charge is 0.416 e. The summed E-state index contributed by atoms with van der Waals surface area (Å²) in [5.41, 5.74) is -1.57. The number of carbonyl (C=O) groups is 4. The number of anilines is 1. The van der Waals surface area contributed by atoms with Crippen molar-refractivity contribution < 1.29 is 45.5 Å². The fourth-order valence-electron chi connectivity index (χ4n) is 6.92. The van der Waals surface area contributed by atoms with Gasteiger partial charge in [0.15, 0.2) is 0 Å². The minimum absolute atomic E-state index is 0.0534. The molecule has 12 nitrogen and oxygen atoms in total. The summed E-state index contributed by atoms with van der Waals surface area (Å²) in [7, 11) is -2.29. The Balaban J connectivity index is 1.23. The normalized spacial score (nSPS) is 27.7. The second kappa shape index (κ2) is 13.9. The highest BCUT2D eigenvalue weighted by atomic mass is 32.2. The summed E-state index contributed by atoms with van der Waals surface area (Å²) >= 11 is 0. The van der Waals surface area contributed by atoms with Gasteiger partial charge in [0, 0.05) is 30.8 Å². The van der Waals surface area contributed by atoms with Crippen molar-refractivity contribution in [1.29, 1.82) is 0 Å². The molecule has 1 aromatic heterocycles. The van der Waals surface area contributed by atoms with Crippen LogP contribution in [0.2, 0.25) is 0 Å². The van der Waals surface area contributed by atoms with Crippen LogP contribution in [0.25, 0.3) is 11.3 Å². The summed E-state index contributed by atoms with van der Waals surface area (Å²) in [6, 6.07) is 7.87. The van der Waals surface area contributed by atoms with E-state index in [1.165, 1.54) is 11.0 Å². The Morgan fingerprint density at radius 1 is 1.08 bits per heavy atom. The van der Waals surface area contributed by atoms with E-state index in [4.69, 9.17) is 4.74 Å². The number of alkyl halides is 3. The highest BCUT2D eigenvalue weighted by Gasteiger charge is 2.62. The van der Waals surface area contributed by atoms with Crippen molar-refractivity contribution in [3.05, 3.63) is 59.8 Å². The molecule has 0 spiro atoms. The van der Waals surface area contributed by atoms with Gasteiger partial charge in [-0.05, 0) is 82.6 Å². The molecule has 2 aromatic rings. The topological polar surface area (TPSA) is 164 Å². The van der Waals surface area contributed by atoms with Crippen LogP contribution in [0.3, 0.4) is 0 Å². The minimum Gasteiger partial charge on any atom is -0.446 e. The van der Waals surface area contributed by atoms with E-state index in [0.29, 0.717) is 43.6 Å². The fourth-order valence-corrected chi connectivity index (χ4v) is 8.29. The monoisotopic (exact) mass is 731 g/mol. The summed E-state index contributed by atoms with van der Waals surface area (Å²) in [5, 5.41) is 4.52. The molecule has 16 heteroatoms. The Bertz CT molecular complexity index is 1870. The molecule has 2 heterocycles. The summed E-state index contributed by atoms with van der Waals surface area (Å²) in [6.07, 6.45) is -0.110. The first kappa shape index (κ1) is 36.3. The second-order valence-corrected chi connectivity index (χ2v) is 15.9. The predicted octanol–water partition coefficient (Wildman–Crippen LogP) is 4.70. The van der Waals surface area contributed by atoms with E-state index in [2.05, 4.69) is 20.3 Å². The first-order chi connectivity index (χ1) is 24.1. The molecule has 1 aliphatic heterocycles. The lowest BCUT2D eigenvalue weighted by molar-refractivity contribution is -0.140. The number of sulfonamides is 1. The van der Waals surface area contributed by atoms with Crippen LogP contribution < -0.4 is 15.4 Å². The Hall–Kier alpha value is -4.47. The number of aryl methyl sites for hydroxylation is 1. The molecule has 5 atom stereocenters. The second-order valence-electron chi connectivity index (χ2n) is 13.9. The Labute approximate surface area is 293 Å². The van der Waals surface area contributed by atoms with Crippen LogP contribution in [-0.2, 0) is 35.3 Å². The third-order valence-electron chi connectivity index (χ3n) is 10.0. The van der Waals surface area contributed by atoms with Crippen molar-refractivity contribution in [2.75, 3.05) is 18.9 Å². The number of pyridine rings is 1. The zero-order valence-corrected chi connectivity index (χ0v) is 29.0. The third kappa shape index (κ3) is 8.05. The quantitative estimate of drug-likeness (QED) is 0.360. The maximum Gasteiger partial charge on any atom is 0.416 e. The lowest BCUT2D eigenvalue weighted by Crippen LogP contribution is -2.54. The molecule has 3 aliphatic carbocycles. The van der Waals surface area contributed by atoms with Crippen LogP contribution in [0.1, 0.15) is 62.6 Å². The number of halogens is 3. The summed E-state index contributed by atoms with van der Waals surface area (Å²) in [6.45, 7) is 2.14. The molecule has 3 fully saturated rings. The molecular weight excluding hydrogens is 691 g/mol. The van der Waals surface area contributed by atoms with Gasteiger partial charge in [0.05, 0.1) is 34.0 Å². The number of hydrogen-bond acceptors (Lipinski definition) is 8. The molecule has 6 rings (SSSR count). The average Bonchev–Trinajstić information content (AvgIpc) is 3.98. The van der Waals surface area contributed by atoms with E-state index >= 15 is 0 Å². The zero-order valence-electron chi connectivity index (χ0n) is 28.2. The molecule has 1 aromatic carbocycles. The van der Waals surface area contributed by atoms with E-state index in [-0.39, 0.29) is 36.4 Å². The van der Waals surface area contributed by atoms with Gasteiger partial charge in [0.1, 0.15) is 11.6 Å². The number of carbonyl (C=O) groups excluding carboxylic acids is 4. The summed E-state index contributed by atoms with van der Waals surface area (Å²) in [5.74, 6) is -4.31. The molecule has 0 saturated heterocycles. The summed E-state index contributed by atoms with van der Waals surface area (Å²) in [4.78, 5) is 60.3. The van der Waals surface area contributed by atoms with Crippen molar-refractivity contribution in [2.24, 2.45) is 17.8 Å². The van der Waals surface area contributed by atoms with Gasteiger partial charge in [0.25, 0.3) is 5.91 Å². The van der Waals surface area contributed by atoms with E-state index in [9.17, 15) is 40.8 Å². The van der Waals surface area contributed by atoms with Crippen molar-refractivity contribution in [3.63, 3.8) is 0 Å². The number of nitrogens with one attached hydrogen (secondary N) is 3. The number of nitrogens with zero attached hydrogens (tertiary/aromatic N) is 2. The number of fused-ring (bicyclic) bond motifs is 2. The van der Waals surface area contributed by atoms with Crippen LogP contribution in [0.5, 0.6) is 0 Å². The van der Waals surface area contributed by atoms with E-state index in [0.717, 1.165) is 18.6 Å². The summed E-state index contributed by atoms with van der Waals surface area (Å²) < 4.78 is 74.1. The number of benzene rings is 1. The molecular formula is C35H40F3N5O7S. The van der Waals surface area contributed by atoms with E-state index in [1.807, 2.05) is 6.08 Å². The van der Waals surface area contributed by atoms with Gasteiger partial charge in [-0.3, -0.25) is 29.4 Å². The standard InChI is InChI=1S/C35H40F3N5O7S/c1-20-8-7-10-28(39-20)25-14-11-21(35(36,37)38)16-29(25)40-33(47)50-23-17-26-27(18-23)31(45)43(2)15-6-4-3-5-9-22-19-34(22,41-30(26)44)32(46)42-51(48,49)24-12-13-24/h5,7-11,14,16,22-24,26-27H,3-4,6,12-13,15,17-19H2,1-2H3,(H,40,47)(H,41,44)(H,42,46)/b9-5-/t22-,23-,26-,27-,34-/m1/s1. The van der Waals surface area contributed by atoms with Crippen molar-refractivity contribution in [2.45, 2.75) is 81.4 Å². The van der Waals surface area contributed by atoms with Crippen molar-refractivity contribution >= 4 is 39.5 Å². The van der Waals surface area contributed by atoms with Crippen molar-refractivity contribution in [1.82, 2.24) is 19.9 Å². The number of ether oxygens (including phenoxy) is 1. The molecule has 0 radical (unpaired) electrons. The van der Waals surface area contributed by atoms with Crippen molar-refractivity contribution in [3.8, 4) is 11.3 Å². The molecule has 3 N–H and O–H groups in total. The molecule has 274 valence electrons. The predicted molar refractivity (Wildman–Crippen MR) is 179 cm³/mol. The molecule has 4 aliphatic rings. The molecule has 0 bridgehead atoms. The minimum atomic E-state index is -4.70. The molecule has 4 amide bonds. The highest BCUT2D eigenvalue weighted by molar-refractivity contribution is 7.91. The third-order valence-corrected chi connectivity index (χ3v) is 11.8. The van der Waals surface area contributed by atoms with E-state index in [1.54, 1.807) is 38.2 Å². The Morgan fingerprint density at radius 3 is 2.53 bits per heavy atom. The van der Waals surface area contributed by atoms with Gasteiger partial charge >= 0.3 is 12.3 Å². The lowest BCUT2D eigenvalue weighted by Gasteiger charge is -2.26. The van der Waals surface area contributed by atoms with Gasteiger partial charge in [-0.2, -0.15) is 13.2 Å². The first-order valence-corrected chi connectivity index (χ1v) is 18.5. The Morgan fingerprint density at radius 2 is 1.82 bits per heavy atom. The van der Waals surface area contributed by atoms with Crippen LogP contribution >= 0.6 is 0 Å². The Kier molecular flexibility index (Phi) is 9.92. The lowest BCUT2D eigenvalue weighted by atomic mass is 9.93. The van der Waals surface area contributed by atoms with E-state index < -0.39 is 74.3 Å². The van der Waals surface area contributed by atoms with Gasteiger partial charge < -0.3 is 15.0 Å². The average molecular weight is 732 g/mol. The number of amides is 4. The fraction of sp³-hybridized carbons (Fsp3) is 0.514. The number of hydrogen-bond donors (Lipinski definition) is 3. The largest absolute Gasteiger partial charge is 0.446 e.